The highest BCUT2D eigenvalue weighted by Crippen LogP contribution is 2.33. The molecular weight excluding hydrogens is 296 g/mol. The van der Waals surface area contributed by atoms with Gasteiger partial charge in [-0.05, 0) is 56.0 Å². The van der Waals surface area contributed by atoms with Crippen LogP contribution in [0.1, 0.15) is 32.3 Å². The zero-order valence-corrected chi connectivity index (χ0v) is 13.4. The molecule has 2 N–H and O–H groups in total. The fraction of sp³-hybridized carbons (Fsp3) is 0.571. The maximum atomic E-state index is 12.3. The lowest BCUT2D eigenvalue weighted by atomic mass is 10.2. The van der Waals surface area contributed by atoms with Crippen LogP contribution in [0, 0.1) is 5.92 Å². The average molecular weight is 317 g/mol. The SMILES string of the molecule is CCNCc1cc(S(=O)(=O)NC(C)C2CC2)ccc1Cl. The third-order valence-electron chi connectivity index (χ3n) is 3.56. The molecule has 0 aliphatic heterocycles. The number of halogens is 1. The molecule has 1 unspecified atom stereocenters. The van der Waals surface area contributed by atoms with E-state index in [-0.39, 0.29) is 10.9 Å². The molecule has 0 amide bonds. The molecule has 1 aromatic carbocycles. The van der Waals surface area contributed by atoms with Gasteiger partial charge in [0.05, 0.1) is 4.90 Å². The second kappa shape index (κ2) is 6.43. The molecule has 112 valence electrons. The van der Waals surface area contributed by atoms with Crippen LogP contribution in [0.4, 0.5) is 0 Å². The van der Waals surface area contributed by atoms with Crippen LogP contribution < -0.4 is 10.0 Å². The van der Waals surface area contributed by atoms with E-state index in [0.29, 0.717) is 17.5 Å². The van der Waals surface area contributed by atoms with Gasteiger partial charge in [0.25, 0.3) is 0 Å². The molecule has 0 aromatic heterocycles. The molecule has 20 heavy (non-hydrogen) atoms. The van der Waals surface area contributed by atoms with E-state index < -0.39 is 10.0 Å². The zero-order valence-electron chi connectivity index (χ0n) is 11.8. The van der Waals surface area contributed by atoms with E-state index in [2.05, 4.69) is 10.0 Å². The van der Waals surface area contributed by atoms with Crippen molar-refractivity contribution in [2.24, 2.45) is 5.92 Å². The molecule has 1 aliphatic rings. The first-order valence-electron chi connectivity index (χ1n) is 6.95. The van der Waals surface area contributed by atoms with Crippen molar-refractivity contribution >= 4 is 21.6 Å². The predicted molar refractivity (Wildman–Crippen MR) is 81.3 cm³/mol. The summed E-state index contributed by atoms with van der Waals surface area (Å²) in [7, 11) is -3.47. The molecule has 0 saturated heterocycles. The maximum absolute atomic E-state index is 12.3. The van der Waals surface area contributed by atoms with Crippen molar-refractivity contribution in [1.82, 2.24) is 10.0 Å². The predicted octanol–water partition coefficient (Wildman–Crippen LogP) is 2.53. The Kier molecular flexibility index (Phi) is 5.07. The van der Waals surface area contributed by atoms with Gasteiger partial charge in [0.1, 0.15) is 0 Å². The number of hydrogen-bond acceptors (Lipinski definition) is 3. The summed E-state index contributed by atoms with van der Waals surface area (Å²) >= 11 is 6.09. The first kappa shape index (κ1) is 15.8. The first-order valence-corrected chi connectivity index (χ1v) is 8.81. The van der Waals surface area contributed by atoms with Gasteiger partial charge in [-0.15, -0.1) is 0 Å². The normalized spacial score (nSPS) is 17.1. The molecular formula is C14H21ClN2O2S. The summed E-state index contributed by atoms with van der Waals surface area (Å²) in [5.74, 6) is 0.485. The molecule has 1 aromatic rings. The van der Waals surface area contributed by atoms with Crippen LogP contribution in [0.5, 0.6) is 0 Å². The topological polar surface area (TPSA) is 58.2 Å². The van der Waals surface area contributed by atoms with Crippen LogP contribution in [0.3, 0.4) is 0 Å². The maximum Gasteiger partial charge on any atom is 0.240 e. The summed E-state index contributed by atoms with van der Waals surface area (Å²) in [6, 6.07) is 4.84. The van der Waals surface area contributed by atoms with E-state index >= 15 is 0 Å². The molecule has 1 saturated carbocycles. The van der Waals surface area contributed by atoms with Crippen LogP contribution >= 0.6 is 11.6 Å². The van der Waals surface area contributed by atoms with Gasteiger partial charge in [-0.2, -0.15) is 0 Å². The molecule has 0 spiro atoms. The quantitative estimate of drug-likeness (QED) is 0.812. The molecule has 4 nitrogen and oxygen atoms in total. The summed E-state index contributed by atoms with van der Waals surface area (Å²) in [6.07, 6.45) is 2.21. The van der Waals surface area contributed by atoms with Crippen molar-refractivity contribution in [2.45, 2.75) is 44.2 Å². The summed E-state index contributed by atoms with van der Waals surface area (Å²) in [4.78, 5) is 0.280. The lowest BCUT2D eigenvalue weighted by Gasteiger charge is -2.14. The number of rotatable bonds is 7. The van der Waals surface area contributed by atoms with Crippen molar-refractivity contribution in [3.05, 3.63) is 28.8 Å². The van der Waals surface area contributed by atoms with Crippen molar-refractivity contribution in [2.75, 3.05) is 6.54 Å². The van der Waals surface area contributed by atoms with Crippen molar-refractivity contribution in [3.63, 3.8) is 0 Å². The van der Waals surface area contributed by atoms with E-state index in [0.717, 1.165) is 24.9 Å². The van der Waals surface area contributed by atoms with Crippen molar-refractivity contribution < 1.29 is 8.42 Å². The Morgan fingerprint density at radius 3 is 2.70 bits per heavy atom. The fourth-order valence-corrected chi connectivity index (χ4v) is 3.67. The summed E-state index contributed by atoms with van der Waals surface area (Å²) in [5, 5.41) is 3.74. The molecule has 0 radical (unpaired) electrons. The van der Waals surface area contributed by atoms with Crippen molar-refractivity contribution in [1.29, 1.82) is 0 Å². The van der Waals surface area contributed by atoms with Gasteiger partial charge in [-0.3, -0.25) is 0 Å². The number of benzene rings is 1. The van der Waals surface area contributed by atoms with Gasteiger partial charge in [0.15, 0.2) is 0 Å². The van der Waals surface area contributed by atoms with Gasteiger partial charge in [-0.1, -0.05) is 18.5 Å². The Labute approximate surface area is 126 Å². The highest BCUT2D eigenvalue weighted by Gasteiger charge is 2.31. The lowest BCUT2D eigenvalue weighted by Crippen LogP contribution is -2.34. The minimum atomic E-state index is -3.47. The largest absolute Gasteiger partial charge is 0.313 e. The Morgan fingerprint density at radius 1 is 1.40 bits per heavy atom. The smallest absolute Gasteiger partial charge is 0.240 e. The lowest BCUT2D eigenvalue weighted by molar-refractivity contribution is 0.538. The summed E-state index contributed by atoms with van der Waals surface area (Å²) < 4.78 is 27.4. The van der Waals surface area contributed by atoms with Gasteiger partial charge in [-0.25, -0.2) is 13.1 Å². The third-order valence-corrected chi connectivity index (χ3v) is 5.49. The second-order valence-corrected chi connectivity index (χ2v) is 7.40. The van der Waals surface area contributed by atoms with Crippen LogP contribution in [-0.4, -0.2) is 21.0 Å². The van der Waals surface area contributed by atoms with E-state index in [1.165, 1.54) is 0 Å². The average Bonchev–Trinajstić information content (AvgIpc) is 3.21. The third kappa shape index (κ3) is 3.95. The summed E-state index contributed by atoms with van der Waals surface area (Å²) in [5.41, 5.74) is 0.801. The van der Waals surface area contributed by atoms with E-state index in [9.17, 15) is 8.42 Å². The number of nitrogens with one attached hydrogen (secondary N) is 2. The van der Waals surface area contributed by atoms with Crippen LogP contribution in [0.2, 0.25) is 5.02 Å². The summed E-state index contributed by atoms with van der Waals surface area (Å²) in [6.45, 7) is 5.29. The Bertz CT molecular complexity index is 571. The van der Waals surface area contributed by atoms with E-state index in [4.69, 9.17) is 11.6 Å². The minimum absolute atomic E-state index is 0.00658. The monoisotopic (exact) mass is 316 g/mol. The molecule has 2 rings (SSSR count). The zero-order chi connectivity index (χ0) is 14.8. The highest BCUT2D eigenvalue weighted by molar-refractivity contribution is 7.89. The minimum Gasteiger partial charge on any atom is -0.313 e. The van der Waals surface area contributed by atoms with Crippen LogP contribution in [0.25, 0.3) is 0 Å². The van der Waals surface area contributed by atoms with E-state index in [1.807, 2.05) is 13.8 Å². The molecule has 1 aliphatic carbocycles. The molecule has 0 heterocycles. The van der Waals surface area contributed by atoms with Gasteiger partial charge in [0.2, 0.25) is 10.0 Å². The van der Waals surface area contributed by atoms with Crippen LogP contribution in [-0.2, 0) is 16.6 Å². The Hall–Kier alpha value is -0.620. The van der Waals surface area contributed by atoms with Crippen molar-refractivity contribution in [3.8, 4) is 0 Å². The first-order chi connectivity index (χ1) is 9.44. The molecule has 1 fully saturated rings. The molecule has 1 atom stereocenters. The number of hydrogen-bond donors (Lipinski definition) is 2. The van der Waals surface area contributed by atoms with Gasteiger partial charge in [0, 0.05) is 17.6 Å². The Balaban J connectivity index is 2.17. The highest BCUT2D eigenvalue weighted by atomic mass is 35.5. The fourth-order valence-electron chi connectivity index (χ4n) is 2.12. The molecule has 0 bridgehead atoms. The number of sulfonamides is 1. The molecule has 6 heteroatoms. The van der Waals surface area contributed by atoms with Gasteiger partial charge < -0.3 is 5.32 Å². The van der Waals surface area contributed by atoms with E-state index in [1.54, 1.807) is 18.2 Å². The van der Waals surface area contributed by atoms with Gasteiger partial charge >= 0.3 is 0 Å². The standard InChI is InChI=1S/C14H21ClN2O2S/c1-3-16-9-12-8-13(6-7-14(12)15)20(18,19)17-10(2)11-4-5-11/h6-8,10-11,16-17H,3-5,9H2,1-2H3. The second-order valence-electron chi connectivity index (χ2n) is 5.28. The Morgan fingerprint density at radius 2 is 2.10 bits per heavy atom. The van der Waals surface area contributed by atoms with Crippen LogP contribution in [0.15, 0.2) is 23.1 Å².